The summed E-state index contributed by atoms with van der Waals surface area (Å²) in [6.07, 6.45) is -3.99. The average Bonchev–Trinajstić information content (AvgIpc) is 2.87. The Morgan fingerprint density at radius 1 is 1.22 bits per heavy atom. The van der Waals surface area contributed by atoms with E-state index >= 15 is 0 Å². The first-order valence-corrected chi connectivity index (χ1v) is 8.20. The minimum atomic E-state index is -1.45. The minimum Gasteiger partial charge on any atom is -0.394 e. The van der Waals surface area contributed by atoms with E-state index in [1.807, 2.05) is 13.8 Å². The van der Waals surface area contributed by atoms with Crippen molar-refractivity contribution in [3.8, 4) is 0 Å². The second-order valence-corrected chi connectivity index (χ2v) is 7.62. The Morgan fingerprint density at radius 2 is 1.91 bits per heavy atom. The van der Waals surface area contributed by atoms with Gasteiger partial charge in [0.2, 0.25) is 0 Å². The Kier molecular flexibility index (Phi) is 4.32. The molecule has 0 unspecified atom stereocenters. The molecule has 2 saturated carbocycles. The fourth-order valence-corrected chi connectivity index (χ4v) is 4.49. The van der Waals surface area contributed by atoms with Gasteiger partial charge in [0.25, 0.3) is 0 Å². The largest absolute Gasteiger partial charge is 0.394 e. The van der Waals surface area contributed by atoms with E-state index in [1.165, 1.54) is 0 Å². The predicted octanol–water partition coefficient (Wildman–Crippen LogP) is -0.802. The van der Waals surface area contributed by atoms with E-state index in [-0.39, 0.29) is 23.7 Å². The molecule has 7 nitrogen and oxygen atoms in total. The molecular formula is C16H26O7. The van der Waals surface area contributed by atoms with Gasteiger partial charge in [-0.1, -0.05) is 13.8 Å². The molecule has 1 saturated heterocycles. The maximum atomic E-state index is 12.2. The van der Waals surface area contributed by atoms with Crippen molar-refractivity contribution in [2.75, 3.05) is 13.2 Å². The monoisotopic (exact) mass is 330 g/mol. The van der Waals surface area contributed by atoms with Gasteiger partial charge in [0, 0.05) is 17.3 Å². The van der Waals surface area contributed by atoms with Crippen molar-refractivity contribution in [1.29, 1.82) is 0 Å². The quantitative estimate of drug-likeness (QED) is 0.533. The van der Waals surface area contributed by atoms with Crippen LogP contribution in [-0.2, 0) is 14.3 Å². The zero-order chi connectivity index (χ0) is 17.0. The summed E-state index contributed by atoms with van der Waals surface area (Å²) >= 11 is 0. The Hall–Kier alpha value is -0.570. The average molecular weight is 330 g/mol. The molecule has 1 aliphatic heterocycles. The zero-order valence-electron chi connectivity index (χ0n) is 13.5. The van der Waals surface area contributed by atoms with Gasteiger partial charge >= 0.3 is 0 Å². The molecular weight excluding hydrogens is 304 g/mol. The Morgan fingerprint density at radius 3 is 2.43 bits per heavy atom. The van der Waals surface area contributed by atoms with Crippen molar-refractivity contribution < 1.29 is 34.7 Å². The lowest BCUT2D eigenvalue weighted by atomic mass is 9.69. The highest BCUT2D eigenvalue weighted by atomic mass is 16.7. The standard InChI is InChI=1S/C16H26O7/c1-15-4-3-8(5-10(15)18)16(15,2)7-22-14-13(21)12(20)11(19)9(6-17)23-14/h8-9,11-14,17,19-21H,3-7H2,1-2H3/t8-,9-,11-,12+,13-,14-,15+,16-/m1/s1. The normalized spacial score (nSPS) is 53.0. The molecule has 0 aromatic heterocycles. The van der Waals surface area contributed by atoms with Crippen LogP contribution in [-0.4, -0.2) is 70.1 Å². The number of hydrogen-bond donors (Lipinski definition) is 4. The highest BCUT2D eigenvalue weighted by Crippen LogP contribution is 2.64. The van der Waals surface area contributed by atoms with Crippen LogP contribution in [0.1, 0.15) is 33.1 Å². The van der Waals surface area contributed by atoms with Crippen molar-refractivity contribution in [2.45, 2.75) is 63.8 Å². The fourth-order valence-electron chi connectivity index (χ4n) is 4.49. The third-order valence-electron chi connectivity index (χ3n) is 6.60. The molecule has 8 atom stereocenters. The van der Waals surface area contributed by atoms with Crippen LogP contribution in [0, 0.1) is 16.7 Å². The summed E-state index contributed by atoms with van der Waals surface area (Å²) in [7, 11) is 0. The van der Waals surface area contributed by atoms with Crippen LogP contribution in [0.2, 0.25) is 0 Å². The van der Waals surface area contributed by atoms with Crippen LogP contribution in [0.25, 0.3) is 0 Å². The SMILES string of the molecule is C[C@]12CC[C@H](CC1=O)[C@@]2(C)CO[C@@H]1O[C@H](CO)[C@@H](O)[C@H](O)[C@H]1O. The molecule has 0 radical (unpaired) electrons. The topological polar surface area (TPSA) is 116 Å². The third kappa shape index (κ3) is 2.37. The summed E-state index contributed by atoms with van der Waals surface area (Å²) in [5.41, 5.74) is -0.755. The van der Waals surface area contributed by atoms with Gasteiger partial charge in [-0.15, -0.1) is 0 Å². The lowest BCUT2D eigenvalue weighted by molar-refractivity contribution is -0.307. The molecule has 23 heavy (non-hydrogen) atoms. The van der Waals surface area contributed by atoms with Crippen molar-refractivity contribution in [3.05, 3.63) is 0 Å². The molecule has 1 heterocycles. The van der Waals surface area contributed by atoms with Crippen LogP contribution in [0.5, 0.6) is 0 Å². The van der Waals surface area contributed by atoms with E-state index in [2.05, 4.69) is 0 Å². The molecule has 7 heteroatoms. The maximum absolute atomic E-state index is 12.2. The second kappa shape index (κ2) is 5.75. The molecule has 3 fully saturated rings. The van der Waals surface area contributed by atoms with E-state index in [0.717, 1.165) is 12.8 Å². The molecule has 0 amide bonds. The van der Waals surface area contributed by atoms with Gasteiger partial charge in [-0.2, -0.15) is 0 Å². The second-order valence-electron chi connectivity index (χ2n) is 7.62. The van der Waals surface area contributed by atoms with Gasteiger partial charge in [0.1, 0.15) is 30.2 Å². The predicted molar refractivity (Wildman–Crippen MR) is 78.3 cm³/mol. The third-order valence-corrected chi connectivity index (χ3v) is 6.60. The number of ketones is 1. The van der Waals surface area contributed by atoms with Crippen LogP contribution in [0.15, 0.2) is 0 Å². The number of aliphatic hydroxyl groups is 4. The number of rotatable bonds is 4. The number of Topliss-reactive ketones (excluding diaryl/α,β-unsaturated/α-hetero) is 1. The summed E-state index contributed by atoms with van der Waals surface area (Å²) in [6.45, 7) is 3.74. The molecule has 2 aliphatic carbocycles. The van der Waals surface area contributed by atoms with Gasteiger partial charge in [-0.05, 0) is 18.8 Å². The van der Waals surface area contributed by atoms with E-state index in [9.17, 15) is 25.2 Å². The Labute approximate surface area is 135 Å². The number of ether oxygens (including phenoxy) is 2. The fraction of sp³-hybridized carbons (Fsp3) is 0.938. The number of aliphatic hydroxyl groups excluding tert-OH is 4. The lowest BCUT2D eigenvalue weighted by Crippen LogP contribution is -2.59. The van der Waals surface area contributed by atoms with Gasteiger partial charge in [-0.3, -0.25) is 4.79 Å². The van der Waals surface area contributed by atoms with E-state index < -0.39 is 42.7 Å². The van der Waals surface area contributed by atoms with Gasteiger partial charge in [0.05, 0.1) is 13.2 Å². The van der Waals surface area contributed by atoms with Crippen LogP contribution < -0.4 is 0 Å². The van der Waals surface area contributed by atoms with E-state index in [4.69, 9.17) is 9.47 Å². The molecule has 0 aromatic rings. The Bertz CT molecular complexity index is 481. The van der Waals surface area contributed by atoms with Gasteiger partial charge in [0.15, 0.2) is 6.29 Å². The summed E-state index contributed by atoms with van der Waals surface area (Å²) in [6, 6.07) is 0. The Balaban J connectivity index is 1.70. The minimum absolute atomic E-state index is 0.225. The summed E-state index contributed by atoms with van der Waals surface area (Å²) in [5.74, 6) is 0.513. The van der Waals surface area contributed by atoms with Crippen LogP contribution >= 0.6 is 0 Å². The zero-order valence-corrected chi connectivity index (χ0v) is 13.5. The van der Waals surface area contributed by atoms with Gasteiger partial charge < -0.3 is 29.9 Å². The van der Waals surface area contributed by atoms with Crippen molar-refractivity contribution in [1.82, 2.24) is 0 Å². The first kappa shape index (κ1) is 17.3. The highest BCUT2D eigenvalue weighted by Gasteiger charge is 2.64. The molecule has 0 spiro atoms. The smallest absolute Gasteiger partial charge is 0.186 e. The van der Waals surface area contributed by atoms with E-state index in [1.54, 1.807) is 0 Å². The molecule has 132 valence electrons. The van der Waals surface area contributed by atoms with Crippen molar-refractivity contribution in [3.63, 3.8) is 0 Å². The molecule has 3 rings (SSSR count). The van der Waals surface area contributed by atoms with Gasteiger partial charge in [-0.25, -0.2) is 0 Å². The number of carbonyl (C=O) groups excluding carboxylic acids is 1. The highest BCUT2D eigenvalue weighted by molar-refractivity contribution is 5.89. The van der Waals surface area contributed by atoms with Crippen molar-refractivity contribution >= 4 is 5.78 Å². The molecule has 3 aliphatic rings. The van der Waals surface area contributed by atoms with E-state index in [0.29, 0.717) is 6.42 Å². The molecule has 2 bridgehead atoms. The maximum Gasteiger partial charge on any atom is 0.186 e. The summed E-state index contributed by atoms with van der Waals surface area (Å²) in [5, 5.41) is 38.8. The first-order valence-electron chi connectivity index (χ1n) is 8.20. The summed E-state index contributed by atoms with van der Waals surface area (Å²) in [4.78, 5) is 12.2. The van der Waals surface area contributed by atoms with Crippen LogP contribution in [0.3, 0.4) is 0 Å². The first-order chi connectivity index (χ1) is 10.7. The lowest BCUT2D eigenvalue weighted by Gasteiger charge is -2.42. The number of carbonyl (C=O) groups is 1. The van der Waals surface area contributed by atoms with Crippen LogP contribution in [0.4, 0.5) is 0 Å². The number of hydrogen-bond acceptors (Lipinski definition) is 7. The van der Waals surface area contributed by atoms with Crippen molar-refractivity contribution in [2.24, 2.45) is 16.7 Å². The summed E-state index contributed by atoms with van der Waals surface area (Å²) < 4.78 is 11.1. The molecule has 4 N–H and O–H groups in total. The number of fused-ring (bicyclic) bond motifs is 2. The molecule has 0 aromatic carbocycles.